The van der Waals surface area contributed by atoms with Crippen molar-refractivity contribution in [1.29, 1.82) is 0 Å². The third-order valence-electron chi connectivity index (χ3n) is 2.80. The molecule has 2 aromatic rings. The van der Waals surface area contributed by atoms with Gasteiger partial charge in [0.05, 0.1) is 6.54 Å². The fourth-order valence-electron chi connectivity index (χ4n) is 1.81. The Morgan fingerprint density at radius 3 is 2.75 bits per heavy atom. The lowest BCUT2D eigenvalue weighted by Crippen LogP contribution is -2.09. The Morgan fingerprint density at radius 2 is 2.10 bits per heavy atom. The van der Waals surface area contributed by atoms with Gasteiger partial charge in [-0.3, -0.25) is 0 Å². The van der Waals surface area contributed by atoms with Gasteiger partial charge in [-0.25, -0.2) is 0 Å². The summed E-state index contributed by atoms with van der Waals surface area (Å²) in [5, 5.41) is 10.5. The van der Waals surface area contributed by atoms with Gasteiger partial charge in [0, 0.05) is 22.3 Å². The predicted octanol–water partition coefficient (Wildman–Crippen LogP) is 3.75. The second-order valence-corrected chi connectivity index (χ2v) is 6.07. The summed E-state index contributed by atoms with van der Waals surface area (Å²) in [5.41, 5.74) is 6.70. The minimum absolute atomic E-state index is 0.398. The molecule has 0 bridgehead atoms. The van der Waals surface area contributed by atoms with Crippen LogP contribution in [-0.4, -0.2) is 14.8 Å². The maximum atomic E-state index is 6.17. The highest BCUT2D eigenvalue weighted by atomic mass is 35.5. The summed E-state index contributed by atoms with van der Waals surface area (Å²) >= 11 is 13.7. The summed E-state index contributed by atoms with van der Waals surface area (Å²) in [6.45, 7) is 3.39. The van der Waals surface area contributed by atoms with Gasteiger partial charge in [-0.2, -0.15) is 0 Å². The number of benzene rings is 1. The topological polar surface area (TPSA) is 56.7 Å². The number of aromatic nitrogens is 3. The van der Waals surface area contributed by atoms with Gasteiger partial charge in [0.15, 0.2) is 5.16 Å². The summed E-state index contributed by atoms with van der Waals surface area (Å²) in [7, 11) is 0. The van der Waals surface area contributed by atoms with Crippen LogP contribution in [0.4, 0.5) is 0 Å². The van der Waals surface area contributed by atoms with Crippen LogP contribution in [-0.2, 0) is 18.8 Å². The summed E-state index contributed by atoms with van der Waals surface area (Å²) in [5.74, 6) is 1.54. The average Bonchev–Trinajstić information content (AvgIpc) is 2.81. The van der Waals surface area contributed by atoms with Crippen LogP contribution in [0.1, 0.15) is 24.7 Å². The second kappa shape index (κ2) is 7.31. The van der Waals surface area contributed by atoms with Crippen molar-refractivity contribution < 1.29 is 0 Å². The number of halogens is 2. The third-order valence-corrected chi connectivity index (χ3v) is 4.40. The van der Waals surface area contributed by atoms with Crippen LogP contribution in [0.3, 0.4) is 0 Å². The van der Waals surface area contributed by atoms with Crippen LogP contribution in [0, 0.1) is 0 Å². The van der Waals surface area contributed by atoms with E-state index in [0.29, 0.717) is 16.6 Å². The Hall–Kier alpha value is -0.750. The maximum Gasteiger partial charge on any atom is 0.191 e. The first kappa shape index (κ1) is 15.6. The van der Waals surface area contributed by atoms with Gasteiger partial charge in [0.2, 0.25) is 0 Å². The SMILES string of the molecule is CCCn1c(CN)nnc1SCc1ccc(Cl)cc1Cl. The Bertz CT molecular complexity index is 586. The van der Waals surface area contributed by atoms with Gasteiger partial charge in [0.1, 0.15) is 5.82 Å². The molecule has 20 heavy (non-hydrogen) atoms. The molecule has 1 aromatic carbocycles. The molecule has 0 aliphatic heterocycles. The number of hydrogen-bond donors (Lipinski definition) is 1. The van der Waals surface area contributed by atoms with E-state index in [0.717, 1.165) is 35.3 Å². The molecule has 1 aromatic heterocycles. The molecule has 2 rings (SSSR count). The largest absolute Gasteiger partial charge is 0.324 e. The molecule has 1 heterocycles. The first-order valence-corrected chi connectivity index (χ1v) is 8.08. The molecule has 0 unspecified atom stereocenters. The number of hydrogen-bond acceptors (Lipinski definition) is 4. The minimum atomic E-state index is 0.398. The quantitative estimate of drug-likeness (QED) is 0.819. The van der Waals surface area contributed by atoms with Gasteiger partial charge >= 0.3 is 0 Å². The zero-order chi connectivity index (χ0) is 14.5. The van der Waals surface area contributed by atoms with E-state index < -0.39 is 0 Å². The van der Waals surface area contributed by atoms with Crippen molar-refractivity contribution in [2.24, 2.45) is 5.73 Å². The van der Waals surface area contributed by atoms with Crippen LogP contribution < -0.4 is 5.73 Å². The van der Waals surface area contributed by atoms with Crippen molar-refractivity contribution in [2.75, 3.05) is 0 Å². The standard InChI is InChI=1S/C13H16Cl2N4S/c1-2-5-19-12(7-16)17-18-13(19)20-8-9-3-4-10(14)6-11(9)15/h3-4,6H,2,5,7-8,16H2,1H3. The molecule has 0 saturated heterocycles. The lowest BCUT2D eigenvalue weighted by molar-refractivity contribution is 0.592. The number of thioether (sulfide) groups is 1. The number of nitrogens with two attached hydrogens (primary N) is 1. The maximum absolute atomic E-state index is 6.17. The van der Waals surface area contributed by atoms with E-state index in [1.807, 2.05) is 12.1 Å². The molecule has 0 radical (unpaired) electrons. The number of nitrogens with zero attached hydrogens (tertiary/aromatic N) is 3. The highest BCUT2D eigenvalue weighted by molar-refractivity contribution is 7.98. The first-order valence-electron chi connectivity index (χ1n) is 6.34. The van der Waals surface area contributed by atoms with Crippen LogP contribution in [0.25, 0.3) is 0 Å². The van der Waals surface area contributed by atoms with Gasteiger partial charge in [-0.05, 0) is 24.1 Å². The average molecular weight is 331 g/mol. The monoisotopic (exact) mass is 330 g/mol. The zero-order valence-corrected chi connectivity index (χ0v) is 13.5. The Kier molecular flexibility index (Phi) is 5.72. The molecule has 0 aliphatic rings. The first-order chi connectivity index (χ1) is 9.65. The molecule has 0 amide bonds. The van der Waals surface area contributed by atoms with E-state index in [1.54, 1.807) is 17.8 Å². The van der Waals surface area contributed by atoms with Crippen LogP contribution in [0.2, 0.25) is 10.0 Å². The number of rotatable bonds is 6. The van der Waals surface area contributed by atoms with Crippen LogP contribution in [0.5, 0.6) is 0 Å². The molecule has 7 heteroatoms. The summed E-state index contributed by atoms with van der Waals surface area (Å²) in [6.07, 6.45) is 1.01. The predicted molar refractivity (Wildman–Crippen MR) is 84.2 cm³/mol. The smallest absolute Gasteiger partial charge is 0.191 e. The van der Waals surface area contributed by atoms with Gasteiger partial charge < -0.3 is 10.3 Å². The Morgan fingerprint density at radius 1 is 1.30 bits per heavy atom. The van der Waals surface area contributed by atoms with Crippen LogP contribution in [0.15, 0.2) is 23.4 Å². The van der Waals surface area contributed by atoms with E-state index in [-0.39, 0.29) is 0 Å². The lowest BCUT2D eigenvalue weighted by Gasteiger charge is -2.08. The summed E-state index contributed by atoms with van der Waals surface area (Å²) < 4.78 is 2.06. The van der Waals surface area contributed by atoms with E-state index in [1.165, 1.54) is 0 Å². The van der Waals surface area contributed by atoms with Gasteiger partial charge in [-0.15, -0.1) is 10.2 Å². The Balaban J connectivity index is 2.12. The molecule has 2 N–H and O–H groups in total. The third kappa shape index (κ3) is 3.67. The highest BCUT2D eigenvalue weighted by Crippen LogP contribution is 2.28. The van der Waals surface area contributed by atoms with Crippen molar-refractivity contribution in [1.82, 2.24) is 14.8 Å². The van der Waals surface area contributed by atoms with Crippen molar-refractivity contribution in [3.8, 4) is 0 Å². The van der Waals surface area contributed by atoms with Crippen molar-refractivity contribution in [3.63, 3.8) is 0 Å². The highest BCUT2D eigenvalue weighted by Gasteiger charge is 2.11. The fraction of sp³-hybridized carbons (Fsp3) is 0.385. The fourth-order valence-corrected chi connectivity index (χ4v) is 3.35. The van der Waals surface area contributed by atoms with E-state index in [9.17, 15) is 0 Å². The van der Waals surface area contributed by atoms with Gasteiger partial charge in [-0.1, -0.05) is 48.0 Å². The van der Waals surface area contributed by atoms with E-state index in [4.69, 9.17) is 28.9 Å². The molecular formula is C13H16Cl2N4S. The Labute approximate surface area is 132 Å². The van der Waals surface area contributed by atoms with E-state index >= 15 is 0 Å². The molecule has 0 fully saturated rings. The summed E-state index contributed by atoms with van der Waals surface area (Å²) in [4.78, 5) is 0. The van der Waals surface area contributed by atoms with Crippen molar-refractivity contribution in [2.45, 2.75) is 37.3 Å². The lowest BCUT2D eigenvalue weighted by atomic mass is 10.2. The molecule has 0 aliphatic carbocycles. The molecule has 0 atom stereocenters. The molecule has 0 saturated carbocycles. The van der Waals surface area contributed by atoms with E-state index in [2.05, 4.69) is 21.7 Å². The van der Waals surface area contributed by atoms with Crippen molar-refractivity contribution in [3.05, 3.63) is 39.6 Å². The summed E-state index contributed by atoms with van der Waals surface area (Å²) in [6, 6.07) is 5.52. The molecule has 0 spiro atoms. The van der Waals surface area contributed by atoms with Crippen LogP contribution >= 0.6 is 35.0 Å². The zero-order valence-electron chi connectivity index (χ0n) is 11.1. The second-order valence-electron chi connectivity index (χ2n) is 4.28. The molecular weight excluding hydrogens is 315 g/mol. The van der Waals surface area contributed by atoms with Gasteiger partial charge in [0.25, 0.3) is 0 Å². The molecule has 4 nitrogen and oxygen atoms in total. The molecule has 108 valence electrons. The normalized spacial score (nSPS) is 11.0. The van der Waals surface area contributed by atoms with Crippen molar-refractivity contribution >= 4 is 35.0 Å². The minimum Gasteiger partial charge on any atom is -0.324 e.